The van der Waals surface area contributed by atoms with Gasteiger partial charge in [0.2, 0.25) is 0 Å². The molecule has 6 heteroatoms. The van der Waals surface area contributed by atoms with E-state index in [4.69, 9.17) is 14.2 Å². The van der Waals surface area contributed by atoms with E-state index in [0.29, 0.717) is 19.3 Å². The Bertz CT molecular complexity index is 1280. The van der Waals surface area contributed by atoms with Crippen molar-refractivity contribution in [2.24, 2.45) is 0 Å². The fourth-order valence-corrected chi connectivity index (χ4v) is 6.81. The van der Waals surface area contributed by atoms with Gasteiger partial charge in [-0.2, -0.15) is 0 Å². The van der Waals surface area contributed by atoms with Crippen LogP contribution in [-0.4, -0.2) is 37.2 Å². The molecule has 0 amide bonds. The van der Waals surface area contributed by atoms with Crippen molar-refractivity contribution in [3.8, 4) is 0 Å². The highest BCUT2D eigenvalue weighted by Gasteiger charge is 2.19. The second-order valence-corrected chi connectivity index (χ2v) is 16.8. The lowest BCUT2D eigenvalue weighted by Gasteiger charge is -2.18. The van der Waals surface area contributed by atoms with Crippen LogP contribution in [0.3, 0.4) is 0 Å². The molecule has 1 unspecified atom stereocenters. The van der Waals surface area contributed by atoms with E-state index in [2.05, 4.69) is 81.5 Å². The second kappa shape index (κ2) is 51.0. The molecule has 0 bridgehead atoms. The van der Waals surface area contributed by atoms with Crippen molar-refractivity contribution in [1.82, 2.24) is 0 Å². The van der Waals surface area contributed by atoms with E-state index in [9.17, 15) is 14.4 Å². The molecule has 0 fully saturated rings. The average Bonchev–Trinajstić information content (AvgIpc) is 3.28. The summed E-state index contributed by atoms with van der Waals surface area (Å²) >= 11 is 0. The first-order chi connectivity index (χ1) is 31.0. The summed E-state index contributed by atoms with van der Waals surface area (Å²) in [6.45, 7) is 6.32. The lowest BCUT2D eigenvalue weighted by Crippen LogP contribution is -2.30. The van der Waals surface area contributed by atoms with Gasteiger partial charge in [0.05, 0.1) is 0 Å². The number of carbonyl (C=O) groups excluding carboxylic acids is 3. The molecule has 0 aromatic rings. The Morgan fingerprint density at radius 1 is 0.349 bits per heavy atom. The van der Waals surface area contributed by atoms with E-state index >= 15 is 0 Å². The fraction of sp³-hybridized carbons (Fsp3) is 0.667. The normalized spacial score (nSPS) is 12.9. The van der Waals surface area contributed by atoms with Crippen LogP contribution in [0.25, 0.3) is 0 Å². The van der Waals surface area contributed by atoms with E-state index in [-0.39, 0.29) is 31.1 Å². The molecule has 0 aliphatic rings. The van der Waals surface area contributed by atoms with E-state index in [1.54, 1.807) is 0 Å². The Kier molecular flexibility index (Phi) is 48.0. The Morgan fingerprint density at radius 3 is 1.19 bits per heavy atom. The molecule has 0 saturated heterocycles. The van der Waals surface area contributed by atoms with Crippen LogP contribution in [-0.2, 0) is 28.6 Å². The first-order valence-corrected chi connectivity index (χ1v) is 25.8. The van der Waals surface area contributed by atoms with Crippen molar-refractivity contribution in [1.29, 1.82) is 0 Å². The molecule has 0 N–H and O–H groups in total. The van der Waals surface area contributed by atoms with E-state index in [1.807, 2.05) is 36.5 Å². The minimum atomic E-state index is -0.804. The summed E-state index contributed by atoms with van der Waals surface area (Å²) in [6.07, 6.45) is 66.8. The van der Waals surface area contributed by atoms with Gasteiger partial charge in [-0.25, -0.2) is 0 Å². The van der Waals surface area contributed by atoms with E-state index < -0.39 is 6.10 Å². The molecule has 1 atom stereocenters. The Labute approximate surface area is 387 Å². The Hall–Kier alpha value is -3.67. The van der Waals surface area contributed by atoms with E-state index in [1.165, 1.54) is 70.6 Å². The second-order valence-electron chi connectivity index (χ2n) is 16.8. The first kappa shape index (κ1) is 59.3. The van der Waals surface area contributed by atoms with Crippen molar-refractivity contribution in [3.63, 3.8) is 0 Å². The molecule has 0 aliphatic carbocycles. The van der Waals surface area contributed by atoms with Crippen molar-refractivity contribution in [3.05, 3.63) is 97.2 Å². The number of rotatable bonds is 45. The van der Waals surface area contributed by atoms with Gasteiger partial charge in [0.1, 0.15) is 13.2 Å². The van der Waals surface area contributed by atoms with Gasteiger partial charge >= 0.3 is 17.9 Å². The van der Waals surface area contributed by atoms with Crippen molar-refractivity contribution in [2.75, 3.05) is 13.2 Å². The Morgan fingerprint density at radius 2 is 0.698 bits per heavy atom. The third kappa shape index (κ3) is 49.2. The van der Waals surface area contributed by atoms with Crippen LogP contribution in [0.2, 0.25) is 0 Å². The average molecular weight is 875 g/mol. The van der Waals surface area contributed by atoms with Crippen LogP contribution in [0.15, 0.2) is 97.2 Å². The predicted molar refractivity (Wildman–Crippen MR) is 270 cm³/mol. The summed E-state index contributed by atoms with van der Waals surface area (Å²) in [6, 6.07) is 0. The van der Waals surface area contributed by atoms with Gasteiger partial charge < -0.3 is 14.2 Å². The number of hydrogen-bond acceptors (Lipinski definition) is 6. The van der Waals surface area contributed by atoms with Crippen molar-refractivity contribution in [2.45, 2.75) is 232 Å². The molecule has 0 spiro atoms. The number of hydrogen-bond donors (Lipinski definition) is 0. The van der Waals surface area contributed by atoms with Crippen LogP contribution in [0.4, 0.5) is 0 Å². The highest BCUT2D eigenvalue weighted by Crippen LogP contribution is 2.14. The highest BCUT2D eigenvalue weighted by atomic mass is 16.6. The molecule has 63 heavy (non-hydrogen) atoms. The number of allylic oxidation sites excluding steroid dienone is 16. The summed E-state index contributed by atoms with van der Waals surface area (Å²) in [7, 11) is 0. The quantitative estimate of drug-likeness (QED) is 0.0199. The SMILES string of the molecule is CC/C=C/C=C/C=C/C=C/CCCCCC(=O)OCC(COC(=O)CCCCCCCC/C=C/C/C=C/C/C=C/CC)OC(=O)CCCCCCC/C=C/CCCCCCCCC. The number of unbranched alkanes of at least 4 members (excludes halogenated alkanes) is 21. The van der Waals surface area contributed by atoms with Gasteiger partial charge in [-0.3, -0.25) is 14.4 Å². The number of carbonyl (C=O) groups is 3. The standard InChI is InChI=1S/C57H94O6/c1-4-7-10-13-16-19-22-25-27-29-32-35-38-41-44-47-50-56(59)62-53-54(52-61-55(58)49-46-43-40-37-34-31-24-21-18-15-12-9-6-3)63-57(60)51-48-45-42-39-36-33-30-28-26-23-20-17-14-11-8-5-2/h7,9-10,12,15-16,18-19,21,24-25,27-28,30-31,34,54H,4-6,8,11,13-14,17,20,22-23,26,29,32-33,35-53H2,1-3H3/b10-7+,12-9+,18-15+,19-16+,24-21+,27-25+,30-28+,34-31+. The van der Waals surface area contributed by atoms with Gasteiger partial charge in [-0.05, 0) is 96.3 Å². The largest absolute Gasteiger partial charge is 0.462 e. The van der Waals surface area contributed by atoms with Crippen LogP contribution >= 0.6 is 0 Å². The van der Waals surface area contributed by atoms with E-state index in [0.717, 1.165) is 116 Å². The van der Waals surface area contributed by atoms with Crippen LogP contribution in [0, 0.1) is 0 Å². The zero-order valence-corrected chi connectivity index (χ0v) is 40.8. The molecule has 0 aromatic carbocycles. The van der Waals surface area contributed by atoms with Crippen LogP contribution < -0.4 is 0 Å². The summed E-state index contributed by atoms with van der Waals surface area (Å²) in [5.74, 6) is -0.965. The highest BCUT2D eigenvalue weighted by molar-refractivity contribution is 5.71. The molecular formula is C57H94O6. The van der Waals surface area contributed by atoms with Gasteiger partial charge in [-0.15, -0.1) is 0 Å². The third-order valence-corrected chi connectivity index (χ3v) is 10.6. The van der Waals surface area contributed by atoms with Crippen LogP contribution in [0.5, 0.6) is 0 Å². The number of ether oxygens (including phenoxy) is 3. The molecule has 0 radical (unpaired) electrons. The smallest absolute Gasteiger partial charge is 0.306 e. The summed E-state index contributed by atoms with van der Waals surface area (Å²) in [5.41, 5.74) is 0. The monoisotopic (exact) mass is 875 g/mol. The minimum Gasteiger partial charge on any atom is -0.462 e. The molecule has 0 aliphatic heterocycles. The lowest BCUT2D eigenvalue weighted by molar-refractivity contribution is -0.167. The topological polar surface area (TPSA) is 78.9 Å². The third-order valence-electron chi connectivity index (χ3n) is 10.6. The lowest BCUT2D eigenvalue weighted by atomic mass is 10.1. The van der Waals surface area contributed by atoms with Gasteiger partial charge in [0.25, 0.3) is 0 Å². The maximum atomic E-state index is 12.8. The predicted octanol–water partition coefficient (Wildman–Crippen LogP) is 17.0. The van der Waals surface area contributed by atoms with Gasteiger partial charge in [0, 0.05) is 19.3 Å². The van der Waals surface area contributed by atoms with Gasteiger partial charge in [-0.1, -0.05) is 208 Å². The molecular weight excluding hydrogens is 781 g/mol. The number of esters is 3. The Balaban J connectivity index is 4.48. The molecule has 0 rings (SSSR count). The maximum absolute atomic E-state index is 12.8. The molecule has 358 valence electrons. The maximum Gasteiger partial charge on any atom is 0.306 e. The minimum absolute atomic E-state index is 0.102. The first-order valence-electron chi connectivity index (χ1n) is 25.8. The van der Waals surface area contributed by atoms with Crippen molar-refractivity contribution >= 4 is 17.9 Å². The molecule has 0 saturated carbocycles. The molecule has 0 aromatic heterocycles. The van der Waals surface area contributed by atoms with Crippen molar-refractivity contribution < 1.29 is 28.6 Å². The fourth-order valence-electron chi connectivity index (χ4n) is 6.81. The summed E-state index contributed by atoms with van der Waals surface area (Å²) < 4.78 is 16.7. The van der Waals surface area contributed by atoms with Gasteiger partial charge in [0.15, 0.2) is 6.10 Å². The zero-order valence-electron chi connectivity index (χ0n) is 40.8. The summed E-state index contributed by atoms with van der Waals surface area (Å²) in [4.78, 5) is 38.0. The zero-order chi connectivity index (χ0) is 45.8. The molecule has 6 nitrogen and oxygen atoms in total. The molecule has 0 heterocycles. The summed E-state index contributed by atoms with van der Waals surface area (Å²) in [5, 5.41) is 0. The van der Waals surface area contributed by atoms with Crippen LogP contribution in [0.1, 0.15) is 226 Å².